The molecule has 6 heteroatoms. The molecule has 142 valence electrons. The second-order valence-corrected chi connectivity index (χ2v) is 6.61. The lowest BCUT2D eigenvalue weighted by Gasteiger charge is -2.22. The molecule has 0 radical (unpaired) electrons. The molecule has 0 spiro atoms. The van der Waals surface area contributed by atoms with Crippen LogP contribution in [-0.4, -0.2) is 22.9 Å². The SMILES string of the molecule is Cl.Fc1ccc(OCc2ccccc2)cc1-c1cnn(C2CCNCC2)c1. The molecule has 0 atom stereocenters. The molecule has 0 saturated carbocycles. The lowest BCUT2D eigenvalue weighted by Crippen LogP contribution is -2.29. The van der Waals surface area contributed by atoms with Gasteiger partial charge >= 0.3 is 0 Å². The number of piperidine rings is 1. The minimum atomic E-state index is -0.262. The Morgan fingerprint density at radius 1 is 1.11 bits per heavy atom. The number of rotatable bonds is 5. The van der Waals surface area contributed by atoms with E-state index in [1.165, 1.54) is 6.07 Å². The summed E-state index contributed by atoms with van der Waals surface area (Å²) in [5.41, 5.74) is 2.39. The van der Waals surface area contributed by atoms with Gasteiger partial charge in [-0.3, -0.25) is 4.68 Å². The van der Waals surface area contributed by atoms with Crippen molar-refractivity contribution < 1.29 is 9.13 Å². The molecule has 0 unspecified atom stereocenters. The Hall–Kier alpha value is -2.37. The summed E-state index contributed by atoms with van der Waals surface area (Å²) in [6.07, 6.45) is 5.77. The van der Waals surface area contributed by atoms with Crippen LogP contribution in [0.15, 0.2) is 60.9 Å². The third kappa shape index (κ3) is 4.67. The van der Waals surface area contributed by atoms with E-state index in [2.05, 4.69) is 10.4 Å². The minimum Gasteiger partial charge on any atom is -0.489 e. The van der Waals surface area contributed by atoms with Gasteiger partial charge in [-0.25, -0.2) is 4.39 Å². The highest BCUT2D eigenvalue weighted by molar-refractivity contribution is 5.85. The Balaban J connectivity index is 0.00000210. The fourth-order valence-corrected chi connectivity index (χ4v) is 3.30. The van der Waals surface area contributed by atoms with Gasteiger partial charge in [-0.2, -0.15) is 5.10 Å². The summed E-state index contributed by atoms with van der Waals surface area (Å²) in [5.74, 6) is 0.391. The Labute approximate surface area is 164 Å². The summed E-state index contributed by atoms with van der Waals surface area (Å²) in [6, 6.07) is 15.2. The number of aromatic nitrogens is 2. The van der Waals surface area contributed by atoms with Crippen LogP contribution in [-0.2, 0) is 6.61 Å². The number of nitrogens with zero attached hydrogens (tertiary/aromatic N) is 2. The molecule has 2 aromatic carbocycles. The van der Waals surface area contributed by atoms with Crippen LogP contribution < -0.4 is 10.1 Å². The first kappa shape index (κ1) is 19.4. The molecule has 4 rings (SSSR count). The van der Waals surface area contributed by atoms with Gasteiger partial charge < -0.3 is 10.1 Å². The van der Waals surface area contributed by atoms with Gasteiger partial charge in [0.1, 0.15) is 18.2 Å². The summed E-state index contributed by atoms with van der Waals surface area (Å²) in [5, 5.41) is 7.81. The van der Waals surface area contributed by atoms with Crippen LogP contribution in [0.1, 0.15) is 24.4 Å². The standard InChI is InChI=1S/C21H22FN3O.ClH/c22-21-7-6-19(26-15-16-4-2-1-3-5-16)12-20(21)17-13-24-25(14-17)18-8-10-23-11-9-18;/h1-7,12-14,18,23H,8-11,15H2;1H. The van der Waals surface area contributed by atoms with Crippen LogP contribution >= 0.6 is 12.4 Å². The van der Waals surface area contributed by atoms with E-state index in [9.17, 15) is 4.39 Å². The Morgan fingerprint density at radius 3 is 2.67 bits per heavy atom. The molecule has 1 N–H and O–H groups in total. The molecule has 1 aromatic heterocycles. The van der Waals surface area contributed by atoms with E-state index >= 15 is 0 Å². The lowest BCUT2D eigenvalue weighted by atomic mass is 10.1. The third-order valence-corrected chi connectivity index (χ3v) is 4.78. The van der Waals surface area contributed by atoms with Crippen LogP contribution in [0.5, 0.6) is 5.75 Å². The van der Waals surface area contributed by atoms with Crippen molar-refractivity contribution in [1.82, 2.24) is 15.1 Å². The summed E-state index contributed by atoms with van der Waals surface area (Å²) >= 11 is 0. The van der Waals surface area contributed by atoms with Gasteiger partial charge in [-0.15, -0.1) is 12.4 Å². The second kappa shape index (κ2) is 9.02. The van der Waals surface area contributed by atoms with Crippen LogP contribution in [0.3, 0.4) is 0 Å². The summed E-state index contributed by atoms with van der Waals surface area (Å²) in [6.45, 7) is 2.45. The molecule has 1 aliphatic heterocycles. The van der Waals surface area contributed by atoms with E-state index in [1.807, 2.05) is 41.2 Å². The van der Waals surface area contributed by atoms with Crippen molar-refractivity contribution in [2.45, 2.75) is 25.5 Å². The minimum absolute atomic E-state index is 0. The van der Waals surface area contributed by atoms with Gasteiger partial charge in [0.25, 0.3) is 0 Å². The Bertz CT molecular complexity index is 863. The topological polar surface area (TPSA) is 39.1 Å². The molecular weight excluding hydrogens is 365 g/mol. The van der Waals surface area contributed by atoms with Crippen LogP contribution in [0.4, 0.5) is 4.39 Å². The number of nitrogens with one attached hydrogen (secondary N) is 1. The summed E-state index contributed by atoms with van der Waals surface area (Å²) in [7, 11) is 0. The first-order valence-corrected chi connectivity index (χ1v) is 9.01. The van der Waals surface area contributed by atoms with Gasteiger partial charge in [0.05, 0.1) is 12.2 Å². The Morgan fingerprint density at radius 2 is 1.89 bits per heavy atom. The number of benzene rings is 2. The molecule has 3 aromatic rings. The molecule has 1 fully saturated rings. The average Bonchev–Trinajstić information content (AvgIpc) is 3.19. The van der Waals surface area contributed by atoms with E-state index in [1.54, 1.807) is 18.3 Å². The van der Waals surface area contributed by atoms with Gasteiger partial charge in [0.15, 0.2) is 0 Å². The fraction of sp³-hybridized carbons (Fsp3) is 0.286. The number of hydrogen-bond donors (Lipinski definition) is 1. The highest BCUT2D eigenvalue weighted by Gasteiger charge is 2.17. The predicted molar refractivity (Wildman–Crippen MR) is 107 cm³/mol. The quantitative estimate of drug-likeness (QED) is 0.694. The molecule has 0 amide bonds. The highest BCUT2D eigenvalue weighted by Crippen LogP contribution is 2.29. The highest BCUT2D eigenvalue weighted by atomic mass is 35.5. The average molecular weight is 388 g/mol. The monoisotopic (exact) mass is 387 g/mol. The molecule has 27 heavy (non-hydrogen) atoms. The smallest absolute Gasteiger partial charge is 0.131 e. The van der Waals surface area contributed by atoms with Crippen molar-refractivity contribution in [1.29, 1.82) is 0 Å². The molecule has 0 bridgehead atoms. The maximum atomic E-state index is 14.4. The first-order chi connectivity index (χ1) is 12.8. The van der Waals surface area contributed by atoms with Crippen molar-refractivity contribution in [3.8, 4) is 16.9 Å². The Kier molecular flexibility index (Phi) is 6.48. The van der Waals surface area contributed by atoms with Crippen LogP contribution in [0.25, 0.3) is 11.1 Å². The molecular formula is C21H23ClFN3O. The zero-order valence-corrected chi connectivity index (χ0v) is 15.8. The number of halogens is 2. The maximum absolute atomic E-state index is 14.4. The van der Waals surface area contributed by atoms with Gasteiger partial charge in [-0.05, 0) is 49.7 Å². The van der Waals surface area contributed by atoms with E-state index < -0.39 is 0 Å². The molecule has 1 aliphatic rings. The largest absolute Gasteiger partial charge is 0.489 e. The van der Waals surface area contributed by atoms with Gasteiger partial charge in [0, 0.05) is 17.3 Å². The molecule has 4 nitrogen and oxygen atoms in total. The zero-order chi connectivity index (χ0) is 17.8. The summed E-state index contributed by atoms with van der Waals surface area (Å²) < 4.78 is 22.2. The van der Waals surface area contributed by atoms with Gasteiger partial charge in [0.2, 0.25) is 0 Å². The maximum Gasteiger partial charge on any atom is 0.131 e. The van der Waals surface area contributed by atoms with E-state index in [0.717, 1.165) is 37.1 Å². The van der Waals surface area contributed by atoms with E-state index in [0.29, 0.717) is 24.0 Å². The van der Waals surface area contributed by atoms with Crippen LogP contribution in [0.2, 0.25) is 0 Å². The van der Waals surface area contributed by atoms with Crippen molar-refractivity contribution in [2.75, 3.05) is 13.1 Å². The van der Waals surface area contributed by atoms with Crippen molar-refractivity contribution in [2.24, 2.45) is 0 Å². The van der Waals surface area contributed by atoms with Crippen molar-refractivity contribution in [3.63, 3.8) is 0 Å². The first-order valence-electron chi connectivity index (χ1n) is 9.01. The van der Waals surface area contributed by atoms with E-state index in [4.69, 9.17) is 4.74 Å². The second-order valence-electron chi connectivity index (χ2n) is 6.61. The lowest BCUT2D eigenvalue weighted by molar-refractivity contribution is 0.306. The third-order valence-electron chi connectivity index (χ3n) is 4.78. The fourth-order valence-electron chi connectivity index (χ4n) is 3.30. The van der Waals surface area contributed by atoms with Crippen molar-refractivity contribution >= 4 is 12.4 Å². The van der Waals surface area contributed by atoms with Crippen molar-refractivity contribution in [3.05, 3.63) is 72.3 Å². The number of hydrogen-bond acceptors (Lipinski definition) is 3. The zero-order valence-electron chi connectivity index (χ0n) is 15.0. The molecule has 2 heterocycles. The van der Waals surface area contributed by atoms with Crippen LogP contribution in [0, 0.1) is 5.82 Å². The molecule has 0 aliphatic carbocycles. The van der Waals surface area contributed by atoms with Gasteiger partial charge in [-0.1, -0.05) is 30.3 Å². The molecule has 1 saturated heterocycles. The summed E-state index contributed by atoms with van der Waals surface area (Å²) in [4.78, 5) is 0. The van der Waals surface area contributed by atoms with E-state index in [-0.39, 0.29) is 18.2 Å². The predicted octanol–water partition coefficient (Wildman–Crippen LogP) is 4.61. The normalized spacial score (nSPS) is 14.6. The number of ether oxygens (including phenoxy) is 1.